The van der Waals surface area contributed by atoms with Crippen LogP contribution < -0.4 is 5.46 Å². The van der Waals surface area contributed by atoms with Gasteiger partial charge < -0.3 is 9.31 Å². The Hall–Kier alpha value is -3.14. The molecular formula is C31H31BO2. The summed E-state index contributed by atoms with van der Waals surface area (Å²) in [6.07, 6.45) is 0. The van der Waals surface area contributed by atoms with Crippen molar-refractivity contribution in [1.29, 1.82) is 0 Å². The average Bonchev–Trinajstić information content (AvgIpc) is 3.07. The van der Waals surface area contributed by atoms with Crippen molar-refractivity contribution in [3.05, 3.63) is 103 Å². The normalized spacial score (nSPS) is 16.6. The first-order chi connectivity index (χ1) is 16.2. The van der Waals surface area contributed by atoms with Crippen molar-refractivity contribution >= 4 is 12.6 Å². The summed E-state index contributed by atoms with van der Waals surface area (Å²) in [5.41, 5.74) is 8.87. The van der Waals surface area contributed by atoms with E-state index in [-0.39, 0.29) is 18.3 Å². The fraction of sp³-hybridized carbons (Fsp3) is 0.226. The fourth-order valence-corrected chi connectivity index (χ4v) is 4.43. The van der Waals surface area contributed by atoms with Crippen LogP contribution in [0.2, 0.25) is 0 Å². The minimum Gasteiger partial charge on any atom is -0.399 e. The van der Waals surface area contributed by atoms with Crippen molar-refractivity contribution in [1.82, 2.24) is 0 Å². The van der Waals surface area contributed by atoms with Gasteiger partial charge in [0.25, 0.3) is 0 Å². The zero-order valence-corrected chi connectivity index (χ0v) is 20.6. The topological polar surface area (TPSA) is 18.5 Å². The maximum Gasteiger partial charge on any atom is 0.494 e. The molecule has 34 heavy (non-hydrogen) atoms. The highest BCUT2D eigenvalue weighted by Gasteiger charge is 2.51. The molecule has 0 aromatic heterocycles. The van der Waals surface area contributed by atoms with Gasteiger partial charge >= 0.3 is 7.12 Å². The number of hydrogen-bond donors (Lipinski definition) is 0. The minimum atomic E-state index is -0.362. The SMILES string of the molecule is Cc1ccc(-c2ccc(-c3ccccc3)cc2)cc1-c1cccc(B2OC(C)(C)C(C)(C)O2)c1. The first kappa shape index (κ1) is 22.6. The molecule has 0 atom stereocenters. The van der Waals surface area contributed by atoms with Gasteiger partial charge in [-0.05, 0) is 85.1 Å². The van der Waals surface area contributed by atoms with E-state index in [2.05, 4.69) is 126 Å². The van der Waals surface area contributed by atoms with Crippen LogP contribution >= 0.6 is 0 Å². The van der Waals surface area contributed by atoms with Gasteiger partial charge in [0, 0.05) is 0 Å². The summed E-state index contributed by atoms with van der Waals surface area (Å²) in [5.74, 6) is 0. The van der Waals surface area contributed by atoms with E-state index in [4.69, 9.17) is 9.31 Å². The summed E-state index contributed by atoms with van der Waals surface area (Å²) in [6.45, 7) is 10.5. The van der Waals surface area contributed by atoms with Crippen molar-refractivity contribution in [2.24, 2.45) is 0 Å². The molecule has 0 saturated carbocycles. The Bertz CT molecular complexity index is 1290. The van der Waals surface area contributed by atoms with Crippen LogP contribution in [0.25, 0.3) is 33.4 Å². The van der Waals surface area contributed by atoms with Gasteiger partial charge in [-0.2, -0.15) is 0 Å². The molecule has 5 rings (SSSR count). The number of hydrogen-bond acceptors (Lipinski definition) is 2. The van der Waals surface area contributed by atoms with E-state index in [1.165, 1.54) is 38.9 Å². The molecule has 1 saturated heterocycles. The van der Waals surface area contributed by atoms with Crippen LogP contribution in [0.1, 0.15) is 33.3 Å². The molecule has 0 aliphatic carbocycles. The second-order valence-electron chi connectivity index (χ2n) is 10.2. The van der Waals surface area contributed by atoms with Gasteiger partial charge in [0.05, 0.1) is 11.2 Å². The molecule has 0 unspecified atom stereocenters. The molecule has 0 spiro atoms. The third-order valence-electron chi connectivity index (χ3n) is 7.29. The average molecular weight is 446 g/mol. The Kier molecular flexibility index (Phi) is 5.71. The highest BCUT2D eigenvalue weighted by atomic mass is 16.7. The van der Waals surface area contributed by atoms with Crippen LogP contribution in [0.3, 0.4) is 0 Å². The first-order valence-electron chi connectivity index (χ1n) is 12.0. The standard InChI is InChI=1S/C31H31BO2/c1-22-14-15-26(25-18-16-24(17-19-25)23-10-7-6-8-11-23)21-29(22)27-12-9-13-28(20-27)32-33-30(2,3)31(4,5)34-32/h6-21H,1-5H3. The quantitative estimate of drug-likeness (QED) is 0.306. The molecule has 4 aromatic rings. The molecule has 3 heteroatoms. The van der Waals surface area contributed by atoms with Crippen molar-refractivity contribution in [3.63, 3.8) is 0 Å². The molecular weight excluding hydrogens is 415 g/mol. The van der Waals surface area contributed by atoms with Crippen LogP contribution in [0.5, 0.6) is 0 Å². The Labute approximate surface area is 203 Å². The molecule has 0 radical (unpaired) electrons. The lowest BCUT2D eigenvalue weighted by atomic mass is 9.77. The van der Waals surface area contributed by atoms with Crippen LogP contribution in [0.4, 0.5) is 0 Å². The van der Waals surface area contributed by atoms with E-state index >= 15 is 0 Å². The summed E-state index contributed by atoms with van der Waals surface area (Å²) in [5, 5.41) is 0. The van der Waals surface area contributed by atoms with Gasteiger partial charge in [-0.3, -0.25) is 0 Å². The van der Waals surface area contributed by atoms with Crippen LogP contribution in [0.15, 0.2) is 97.1 Å². The van der Waals surface area contributed by atoms with Gasteiger partial charge in [0.1, 0.15) is 0 Å². The summed E-state index contributed by atoms with van der Waals surface area (Å²) in [7, 11) is -0.362. The maximum absolute atomic E-state index is 6.29. The minimum absolute atomic E-state index is 0.352. The third kappa shape index (κ3) is 4.22. The highest BCUT2D eigenvalue weighted by Crippen LogP contribution is 2.37. The largest absolute Gasteiger partial charge is 0.494 e. The van der Waals surface area contributed by atoms with Gasteiger partial charge in [-0.15, -0.1) is 0 Å². The lowest BCUT2D eigenvalue weighted by Crippen LogP contribution is -2.41. The second-order valence-corrected chi connectivity index (χ2v) is 10.2. The van der Waals surface area contributed by atoms with Gasteiger partial charge in [-0.25, -0.2) is 0 Å². The maximum atomic E-state index is 6.29. The number of aryl methyl sites for hydroxylation is 1. The molecule has 170 valence electrons. The summed E-state index contributed by atoms with van der Waals surface area (Å²) in [6, 6.07) is 34.5. The van der Waals surface area contributed by atoms with Gasteiger partial charge in [-0.1, -0.05) is 91.0 Å². The van der Waals surface area contributed by atoms with E-state index in [0.29, 0.717) is 0 Å². The Morgan fingerprint density at radius 3 is 1.71 bits per heavy atom. The van der Waals surface area contributed by atoms with Crippen molar-refractivity contribution in [3.8, 4) is 33.4 Å². The lowest BCUT2D eigenvalue weighted by Gasteiger charge is -2.32. The molecule has 0 amide bonds. The molecule has 4 aromatic carbocycles. The molecule has 2 nitrogen and oxygen atoms in total. The Balaban J connectivity index is 1.46. The summed E-state index contributed by atoms with van der Waals surface area (Å²) < 4.78 is 12.6. The van der Waals surface area contributed by atoms with Crippen LogP contribution in [-0.2, 0) is 9.31 Å². The van der Waals surface area contributed by atoms with Crippen molar-refractivity contribution in [2.45, 2.75) is 45.8 Å². The lowest BCUT2D eigenvalue weighted by molar-refractivity contribution is 0.00578. The molecule has 1 aliphatic rings. The van der Waals surface area contributed by atoms with E-state index in [1.807, 2.05) is 6.07 Å². The summed E-state index contributed by atoms with van der Waals surface area (Å²) in [4.78, 5) is 0. The predicted molar refractivity (Wildman–Crippen MR) is 143 cm³/mol. The molecule has 1 heterocycles. The monoisotopic (exact) mass is 446 g/mol. The van der Waals surface area contributed by atoms with E-state index in [0.717, 1.165) is 5.46 Å². The first-order valence-corrected chi connectivity index (χ1v) is 12.0. The zero-order valence-electron chi connectivity index (χ0n) is 20.6. The predicted octanol–water partition coefficient (Wildman–Crippen LogP) is 7.30. The van der Waals surface area contributed by atoms with E-state index in [9.17, 15) is 0 Å². The number of rotatable bonds is 4. The number of benzene rings is 4. The molecule has 0 bridgehead atoms. The van der Waals surface area contributed by atoms with E-state index in [1.54, 1.807) is 0 Å². The van der Waals surface area contributed by atoms with Gasteiger partial charge in [0.15, 0.2) is 0 Å². The van der Waals surface area contributed by atoms with Crippen molar-refractivity contribution < 1.29 is 9.31 Å². The highest BCUT2D eigenvalue weighted by molar-refractivity contribution is 6.62. The molecule has 1 fully saturated rings. The third-order valence-corrected chi connectivity index (χ3v) is 7.29. The zero-order chi connectivity index (χ0) is 23.9. The molecule has 1 aliphatic heterocycles. The summed E-state index contributed by atoms with van der Waals surface area (Å²) >= 11 is 0. The van der Waals surface area contributed by atoms with Crippen LogP contribution in [0, 0.1) is 6.92 Å². The molecule has 0 N–H and O–H groups in total. The Morgan fingerprint density at radius 1 is 0.529 bits per heavy atom. The van der Waals surface area contributed by atoms with Crippen LogP contribution in [-0.4, -0.2) is 18.3 Å². The fourth-order valence-electron chi connectivity index (χ4n) is 4.43. The second kappa shape index (κ2) is 8.58. The van der Waals surface area contributed by atoms with Gasteiger partial charge in [0.2, 0.25) is 0 Å². The smallest absolute Gasteiger partial charge is 0.399 e. The van der Waals surface area contributed by atoms with Crippen molar-refractivity contribution in [2.75, 3.05) is 0 Å². The van der Waals surface area contributed by atoms with E-state index < -0.39 is 0 Å². The Morgan fingerprint density at radius 2 is 1.06 bits per heavy atom.